The van der Waals surface area contributed by atoms with Crippen molar-refractivity contribution in [1.29, 1.82) is 0 Å². The number of thioether (sulfide) groups is 1. The van der Waals surface area contributed by atoms with E-state index in [1.807, 2.05) is 24.5 Å². The van der Waals surface area contributed by atoms with Gasteiger partial charge in [-0.3, -0.25) is 4.79 Å². The van der Waals surface area contributed by atoms with Crippen LogP contribution in [0.25, 0.3) is 6.08 Å². The Morgan fingerprint density at radius 1 is 1.27 bits per heavy atom. The van der Waals surface area contributed by atoms with Crippen LogP contribution in [0.1, 0.15) is 5.56 Å². The summed E-state index contributed by atoms with van der Waals surface area (Å²) in [6.45, 7) is 0. The molecule has 0 aliphatic carbocycles. The molecule has 0 fully saturated rings. The topological polar surface area (TPSA) is 17.1 Å². The third kappa shape index (κ3) is 4.86. The highest BCUT2D eigenvalue weighted by Gasteiger charge is 1.88. The molecule has 3 heteroatoms. The zero-order valence-electron chi connectivity index (χ0n) is 8.31. The first-order valence-corrected chi connectivity index (χ1v) is 6.01. The minimum atomic E-state index is -0.461. The van der Waals surface area contributed by atoms with Gasteiger partial charge >= 0.3 is 0 Å². The fourth-order valence-electron chi connectivity index (χ4n) is 1.01. The molecule has 0 aromatic heterocycles. The van der Waals surface area contributed by atoms with E-state index in [0.717, 1.165) is 5.56 Å². The quantitative estimate of drug-likeness (QED) is 0.344. The maximum atomic E-state index is 10.4. The van der Waals surface area contributed by atoms with E-state index < -0.39 is 5.24 Å². The molecule has 1 aromatic rings. The number of halogens is 1. The summed E-state index contributed by atoms with van der Waals surface area (Å²) < 4.78 is 0. The van der Waals surface area contributed by atoms with Crippen LogP contribution < -0.4 is 0 Å². The second kappa shape index (κ2) is 6.49. The lowest BCUT2D eigenvalue weighted by molar-refractivity contribution is -0.107. The maximum Gasteiger partial charge on any atom is 0.245 e. The van der Waals surface area contributed by atoms with Gasteiger partial charge in [0.05, 0.1) is 0 Å². The molecule has 0 saturated heterocycles. The van der Waals surface area contributed by atoms with Crippen LogP contribution in [0.15, 0.2) is 47.4 Å². The Balaban J connectivity index is 2.61. The number of hydrogen-bond acceptors (Lipinski definition) is 2. The molecule has 0 amide bonds. The van der Waals surface area contributed by atoms with Gasteiger partial charge in [-0.15, -0.1) is 11.8 Å². The van der Waals surface area contributed by atoms with E-state index in [9.17, 15) is 4.79 Å². The van der Waals surface area contributed by atoms with Crippen molar-refractivity contribution < 1.29 is 4.79 Å². The molecule has 0 saturated carbocycles. The standard InChI is InChI=1S/C12H11ClOS/c1-15-11-8-6-10(7-9-11)4-2-3-5-12(13)14/h2-9H,1H3. The van der Waals surface area contributed by atoms with Gasteiger partial charge in [0.2, 0.25) is 5.24 Å². The van der Waals surface area contributed by atoms with Crippen LogP contribution in [0.3, 0.4) is 0 Å². The smallest absolute Gasteiger partial charge is 0.245 e. The zero-order chi connectivity index (χ0) is 11.1. The monoisotopic (exact) mass is 238 g/mol. The van der Waals surface area contributed by atoms with Crippen LogP contribution in [-0.2, 0) is 4.79 Å². The highest BCUT2D eigenvalue weighted by atomic mass is 35.5. The van der Waals surface area contributed by atoms with E-state index in [4.69, 9.17) is 11.6 Å². The van der Waals surface area contributed by atoms with Crippen molar-refractivity contribution in [2.45, 2.75) is 4.90 Å². The van der Waals surface area contributed by atoms with Crippen LogP contribution in [-0.4, -0.2) is 11.5 Å². The van der Waals surface area contributed by atoms with Crippen molar-refractivity contribution in [2.24, 2.45) is 0 Å². The Morgan fingerprint density at radius 3 is 2.47 bits per heavy atom. The summed E-state index contributed by atoms with van der Waals surface area (Å²) in [6, 6.07) is 8.17. The molecule has 0 unspecified atom stereocenters. The highest BCUT2D eigenvalue weighted by molar-refractivity contribution is 7.98. The molecule has 0 N–H and O–H groups in total. The minimum Gasteiger partial charge on any atom is -0.276 e. The molecule has 0 heterocycles. The second-order valence-corrected chi connectivity index (χ2v) is 4.05. The van der Waals surface area contributed by atoms with Gasteiger partial charge in [-0.2, -0.15) is 0 Å². The number of hydrogen-bond donors (Lipinski definition) is 0. The minimum absolute atomic E-state index is 0.461. The number of carbonyl (C=O) groups excluding carboxylic acids is 1. The van der Waals surface area contributed by atoms with Crippen LogP contribution >= 0.6 is 23.4 Å². The molecule has 0 bridgehead atoms. The van der Waals surface area contributed by atoms with Gasteiger partial charge in [-0.1, -0.05) is 30.4 Å². The number of allylic oxidation sites excluding steroid dienone is 3. The van der Waals surface area contributed by atoms with Crippen molar-refractivity contribution in [3.05, 3.63) is 48.1 Å². The average Bonchev–Trinajstić information content (AvgIpc) is 2.25. The molecular weight excluding hydrogens is 228 g/mol. The fraction of sp³-hybridized carbons (Fsp3) is 0.0833. The lowest BCUT2D eigenvalue weighted by Gasteiger charge is -1.95. The van der Waals surface area contributed by atoms with E-state index in [-0.39, 0.29) is 0 Å². The Labute approximate surface area is 98.8 Å². The van der Waals surface area contributed by atoms with Crippen molar-refractivity contribution in [3.63, 3.8) is 0 Å². The molecule has 1 rings (SSSR count). The van der Waals surface area contributed by atoms with E-state index in [2.05, 4.69) is 12.1 Å². The van der Waals surface area contributed by atoms with Gasteiger partial charge in [0.15, 0.2) is 0 Å². The van der Waals surface area contributed by atoms with Crippen LogP contribution in [0.5, 0.6) is 0 Å². The van der Waals surface area contributed by atoms with Crippen LogP contribution in [0, 0.1) is 0 Å². The first-order valence-electron chi connectivity index (χ1n) is 4.40. The third-order valence-electron chi connectivity index (χ3n) is 1.74. The van der Waals surface area contributed by atoms with E-state index >= 15 is 0 Å². The van der Waals surface area contributed by atoms with Gasteiger partial charge in [-0.25, -0.2) is 0 Å². The summed E-state index contributed by atoms with van der Waals surface area (Å²) in [5.74, 6) is 0. The van der Waals surface area contributed by atoms with Gasteiger partial charge in [-0.05, 0) is 41.6 Å². The number of benzene rings is 1. The molecule has 0 spiro atoms. The zero-order valence-corrected chi connectivity index (χ0v) is 9.89. The Bertz CT molecular complexity index is 379. The maximum absolute atomic E-state index is 10.4. The fourth-order valence-corrected chi connectivity index (χ4v) is 1.49. The predicted molar refractivity (Wildman–Crippen MR) is 67.3 cm³/mol. The summed E-state index contributed by atoms with van der Waals surface area (Å²) in [4.78, 5) is 11.6. The molecule has 1 aromatic carbocycles. The first-order chi connectivity index (χ1) is 7.22. The lowest BCUT2D eigenvalue weighted by Crippen LogP contribution is -1.73. The van der Waals surface area contributed by atoms with Crippen molar-refractivity contribution in [1.82, 2.24) is 0 Å². The average molecular weight is 239 g/mol. The summed E-state index contributed by atoms with van der Waals surface area (Å²) in [5, 5.41) is -0.461. The van der Waals surface area contributed by atoms with Gasteiger partial charge in [0.25, 0.3) is 0 Å². The predicted octanol–water partition coefficient (Wildman–Crippen LogP) is 3.74. The molecular formula is C12H11ClOS. The van der Waals surface area contributed by atoms with Crippen molar-refractivity contribution in [2.75, 3.05) is 6.26 Å². The molecule has 0 radical (unpaired) electrons. The normalized spacial score (nSPS) is 11.3. The highest BCUT2D eigenvalue weighted by Crippen LogP contribution is 2.15. The second-order valence-electron chi connectivity index (χ2n) is 2.80. The SMILES string of the molecule is CSc1ccc(C=CC=CC(=O)Cl)cc1. The van der Waals surface area contributed by atoms with Gasteiger partial charge in [0, 0.05) is 4.90 Å². The van der Waals surface area contributed by atoms with E-state index in [1.165, 1.54) is 11.0 Å². The Kier molecular flexibility index (Phi) is 5.22. The molecule has 15 heavy (non-hydrogen) atoms. The van der Waals surface area contributed by atoms with Gasteiger partial charge in [0.1, 0.15) is 0 Å². The van der Waals surface area contributed by atoms with Gasteiger partial charge < -0.3 is 0 Å². The first kappa shape index (κ1) is 12.1. The Hall–Kier alpha value is -0.990. The summed E-state index contributed by atoms with van der Waals surface area (Å²) >= 11 is 6.85. The van der Waals surface area contributed by atoms with Crippen molar-refractivity contribution >= 4 is 34.7 Å². The number of rotatable bonds is 4. The van der Waals surface area contributed by atoms with Crippen molar-refractivity contribution in [3.8, 4) is 0 Å². The molecule has 78 valence electrons. The Morgan fingerprint density at radius 2 is 1.93 bits per heavy atom. The third-order valence-corrected chi connectivity index (χ3v) is 2.61. The molecule has 0 aliphatic rings. The summed E-state index contributed by atoms with van der Waals surface area (Å²) in [7, 11) is 0. The molecule has 0 atom stereocenters. The number of carbonyl (C=O) groups is 1. The van der Waals surface area contributed by atoms with Crippen LogP contribution in [0.4, 0.5) is 0 Å². The van der Waals surface area contributed by atoms with E-state index in [0.29, 0.717) is 0 Å². The molecule has 0 aliphatic heterocycles. The summed E-state index contributed by atoms with van der Waals surface area (Å²) in [6.07, 6.45) is 8.68. The van der Waals surface area contributed by atoms with E-state index in [1.54, 1.807) is 23.9 Å². The lowest BCUT2D eigenvalue weighted by atomic mass is 10.2. The largest absolute Gasteiger partial charge is 0.276 e. The summed E-state index contributed by atoms with van der Waals surface area (Å²) in [5.41, 5.74) is 1.10. The van der Waals surface area contributed by atoms with Crippen LogP contribution in [0.2, 0.25) is 0 Å². The molecule has 1 nitrogen and oxygen atoms in total.